The Morgan fingerprint density at radius 3 is 2.54 bits per heavy atom. The topological polar surface area (TPSA) is 43.3 Å². The van der Waals surface area contributed by atoms with E-state index in [2.05, 4.69) is 39.7 Å². The highest BCUT2D eigenvalue weighted by molar-refractivity contribution is 6.18. The van der Waals surface area contributed by atoms with E-state index in [0.29, 0.717) is 0 Å². The molecule has 4 heterocycles. The predicted molar refractivity (Wildman–Crippen MR) is 113 cm³/mol. The van der Waals surface area contributed by atoms with Crippen LogP contribution < -0.4 is 0 Å². The van der Waals surface area contributed by atoms with Crippen LogP contribution in [0.1, 0.15) is 0 Å². The number of para-hydroxylation sites is 3. The summed E-state index contributed by atoms with van der Waals surface area (Å²) in [5, 5.41) is 4.51. The van der Waals surface area contributed by atoms with E-state index in [1.54, 1.807) is 0 Å². The number of rotatable bonds is 0. The van der Waals surface area contributed by atoms with Crippen molar-refractivity contribution >= 4 is 60.4 Å². The molecule has 28 heavy (non-hydrogen) atoms. The van der Waals surface area contributed by atoms with Gasteiger partial charge in [0.25, 0.3) is 0 Å². The second-order valence-corrected chi connectivity index (χ2v) is 7.12. The van der Waals surface area contributed by atoms with E-state index in [0.717, 1.165) is 60.4 Å². The van der Waals surface area contributed by atoms with Crippen LogP contribution in [0.2, 0.25) is 0 Å². The van der Waals surface area contributed by atoms with Crippen molar-refractivity contribution in [3.05, 3.63) is 79.0 Å². The summed E-state index contributed by atoms with van der Waals surface area (Å²) in [6.07, 6.45) is 1.83. The third-order valence-electron chi connectivity index (χ3n) is 5.61. The zero-order valence-electron chi connectivity index (χ0n) is 14.8. The van der Waals surface area contributed by atoms with Gasteiger partial charge in [-0.15, -0.1) is 0 Å². The number of fused-ring (bicyclic) bond motifs is 11. The van der Waals surface area contributed by atoms with Crippen LogP contribution >= 0.6 is 0 Å². The molecule has 0 amide bonds. The summed E-state index contributed by atoms with van der Waals surface area (Å²) < 4.78 is 8.36. The second kappa shape index (κ2) is 4.87. The van der Waals surface area contributed by atoms with E-state index in [4.69, 9.17) is 9.40 Å². The second-order valence-electron chi connectivity index (χ2n) is 7.12. The summed E-state index contributed by atoms with van der Waals surface area (Å²) in [6, 6.07) is 24.9. The molecule has 7 aromatic rings. The largest absolute Gasteiger partial charge is 0.456 e. The Kier molecular flexibility index (Phi) is 2.46. The molecule has 0 saturated carbocycles. The van der Waals surface area contributed by atoms with Gasteiger partial charge in [0.2, 0.25) is 0 Å². The van der Waals surface area contributed by atoms with Crippen molar-refractivity contribution in [1.29, 1.82) is 0 Å². The fraction of sp³-hybridized carbons (Fsp3) is 0. The first-order valence-electron chi connectivity index (χ1n) is 9.27. The Labute approximate surface area is 158 Å². The van der Waals surface area contributed by atoms with Gasteiger partial charge in [-0.1, -0.05) is 36.4 Å². The zero-order valence-corrected chi connectivity index (χ0v) is 14.8. The lowest BCUT2D eigenvalue weighted by molar-refractivity contribution is 0.669. The van der Waals surface area contributed by atoms with Crippen LogP contribution in [-0.4, -0.2) is 14.4 Å². The Hall–Kier alpha value is -3.92. The van der Waals surface area contributed by atoms with Crippen LogP contribution in [-0.2, 0) is 0 Å². The standard InChI is InChI=1S/C24H13N3O/c1-4-10-21-14(6-1)17-12-16-15-7-5-11-25-23(15)24-26-18-8-2-3-9-19(18)27(24)20(16)13-22(17)28-21/h1-13H. The highest BCUT2D eigenvalue weighted by atomic mass is 16.3. The Morgan fingerprint density at radius 1 is 0.679 bits per heavy atom. The van der Waals surface area contributed by atoms with Crippen molar-refractivity contribution in [2.45, 2.75) is 0 Å². The summed E-state index contributed by atoms with van der Waals surface area (Å²) in [5.74, 6) is 0. The molecule has 0 N–H and O–H groups in total. The summed E-state index contributed by atoms with van der Waals surface area (Å²) >= 11 is 0. The first-order valence-corrected chi connectivity index (χ1v) is 9.27. The lowest BCUT2D eigenvalue weighted by atomic mass is 10.1. The molecule has 0 radical (unpaired) electrons. The highest BCUT2D eigenvalue weighted by Gasteiger charge is 2.16. The predicted octanol–water partition coefficient (Wildman–Crippen LogP) is 6.09. The number of hydrogen-bond acceptors (Lipinski definition) is 3. The molecular weight excluding hydrogens is 346 g/mol. The Bertz CT molecular complexity index is 1720. The molecule has 0 bridgehead atoms. The average molecular weight is 359 g/mol. The monoisotopic (exact) mass is 359 g/mol. The van der Waals surface area contributed by atoms with Gasteiger partial charge in [-0.3, -0.25) is 9.38 Å². The minimum atomic E-state index is 0.875. The van der Waals surface area contributed by atoms with Gasteiger partial charge in [-0.25, -0.2) is 4.98 Å². The summed E-state index contributed by atoms with van der Waals surface area (Å²) in [6.45, 7) is 0. The normalized spacial score (nSPS) is 12.3. The molecule has 0 aliphatic rings. The third-order valence-corrected chi connectivity index (χ3v) is 5.61. The number of pyridine rings is 2. The molecule has 0 spiro atoms. The van der Waals surface area contributed by atoms with Gasteiger partial charge in [0.1, 0.15) is 16.7 Å². The SMILES string of the molecule is c1ccc2c(c1)nc1c3ncccc3c3cc4c(cc3n21)oc1ccccc14. The van der Waals surface area contributed by atoms with E-state index >= 15 is 0 Å². The van der Waals surface area contributed by atoms with Gasteiger partial charge < -0.3 is 4.42 Å². The number of imidazole rings is 1. The minimum absolute atomic E-state index is 0.875. The molecule has 0 aliphatic carbocycles. The maximum absolute atomic E-state index is 6.16. The van der Waals surface area contributed by atoms with Crippen molar-refractivity contribution in [2.24, 2.45) is 0 Å². The third kappa shape index (κ3) is 1.65. The maximum Gasteiger partial charge on any atom is 0.165 e. The number of aromatic nitrogens is 3. The summed E-state index contributed by atoms with van der Waals surface area (Å²) in [5.41, 5.74) is 6.70. The van der Waals surface area contributed by atoms with Gasteiger partial charge in [-0.05, 0) is 30.3 Å². The number of nitrogens with zero attached hydrogens (tertiary/aromatic N) is 3. The molecule has 4 aromatic heterocycles. The van der Waals surface area contributed by atoms with Crippen molar-refractivity contribution in [3.8, 4) is 0 Å². The number of benzene rings is 3. The van der Waals surface area contributed by atoms with Gasteiger partial charge in [-0.2, -0.15) is 0 Å². The first kappa shape index (κ1) is 14.2. The lowest BCUT2D eigenvalue weighted by Gasteiger charge is -2.08. The minimum Gasteiger partial charge on any atom is -0.456 e. The number of furan rings is 1. The maximum atomic E-state index is 6.16. The van der Waals surface area contributed by atoms with Gasteiger partial charge in [0.15, 0.2) is 5.65 Å². The highest BCUT2D eigenvalue weighted by Crippen LogP contribution is 2.36. The molecule has 3 aromatic carbocycles. The quantitative estimate of drug-likeness (QED) is 0.308. The van der Waals surface area contributed by atoms with E-state index in [1.165, 1.54) is 0 Å². The van der Waals surface area contributed by atoms with Gasteiger partial charge >= 0.3 is 0 Å². The molecule has 4 nitrogen and oxygen atoms in total. The van der Waals surface area contributed by atoms with Crippen LogP contribution in [0.15, 0.2) is 83.4 Å². The molecule has 0 aliphatic heterocycles. The van der Waals surface area contributed by atoms with Crippen LogP contribution in [0.25, 0.3) is 60.4 Å². The van der Waals surface area contributed by atoms with E-state index in [1.807, 2.05) is 48.7 Å². The molecule has 4 heteroatoms. The van der Waals surface area contributed by atoms with Crippen molar-refractivity contribution in [1.82, 2.24) is 14.4 Å². The van der Waals surface area contributed by atoms with E-state index in [9.17, 15) is 0 Å². The molecule has 130 valence electrons. The average Bonchev–Trinajstić information content (AvgIpc) is 3.31. The van der Waals surface area contributed by atoms with E-state index < -0.39 is 0 Å². The zero-order chi connectivity index (χ0) is 18.2. The summed E-state index contributed by atoms with van der Waals surface area (Å²) in [7, 11) is 0. The van der Waals surface area contributed by atoms with Crippen LogP contribution in [0.4, 0.5) is 0 Å². The Balaban J connectivity index is 1.85. The molecule has 7 rings (SSSR count). The lowest BCUT2D eigenvalue weighted by Crippen LogP contribution is -1.93. The molecular formula is C24H13N3O. The molecule has 0 fully saturated rings. The van der Waals surface area contributed by atoms with Crippen LogP contribution in [0.3, 0.4) is 0 Å². The molecule has 0 atom stereocenters. The molecule has 0 unspecified atom stereocenters. The van der Waals surface area contributed by atoms with Crippen LogP contribution in [0.5, 0.6) is 0 Å². The smallest absolute Gasteiger partial charge is 0.165 e. The fourth-order valence-corrected chi connectivity index (χ4v) is 4.39. The van der Waals surface area contributed by atoms with E-state index in [-0.39, 0.29) is 0 Å². The van der Waals surface area contributed by atoms with Crippen molar-refractivity contribution in [2.75, 3.05) is 0 Å². The van der Waals surface area contributed by atoms with Crippen LogP contribution in [0, 0.1) is 0 Å². The van der Waals surface area contributed by atoms with Crippen molar-refractivity contribution < 1.29 is 4.42 Å². The fourth-order valence-electron chi connectivity index (χ4n) is 4.39. The van der Waals surface area contributed by atoms with Gasteiger partial charge in [0.05, 0.1) is 16.6 Å². The molecule has 0 saturated heterocycles. The Morgan fingerprint density at radius 2 is 1.54 bits per heavy atom. The number of hydrogen-bond donors (Lipinski definition) is 0. The summed E-state index contributed by atoms with van der Waals surface area (Å²) in [4.78, 5) is 9.56. The van der Waals surface area contributed by atoms with Crippen molar-refractivity contribution in [3.63, 3.8) is 0 Å². The van der Waals surface area contributed by atoms with Gasteiger partial charge in [0, 0.05) is 33.8 Å². The first-order chi connectivity index (χ1) is 13.9.